The molecule has 0 aliphatic heterocycles. The van der Waals surface area contributed by atoms with E-state index in [2.05, 4.69) is 0 Å². The fourth-order valence-corrected chi connectivity index (χ4v) is 2.77. The zero-order valence-corrected chi connectivity index (χ0v) is 17.7. The van der Waals surface area contributed by atoms with Crippen LogP contribution < -0.4 is 0 Å². The maximum absolute atomic E-state index is 12.2. The van der Waals surface area contributed by atoms with Gasteiger partial charge in [0.25, 0.3) is 0 Å². The van der Waals surface area contributed by atoms with Crippen LogP contribution in [-0.4, -0.2) is 49.4 Å². The number of carbonyl (C=O) groups is 2. The largest absolute Gasteiger partial charge is 0.464 e. The van der Waals surface area contributed by atoms with Gasteiger partial charge in [0.15, 0.2) is 0 Å². The smallest absolute Gasteiger partial charge is 0.410 e. The van der Waals surface area contributed by atoms with Gasteiger partial charge < -0.3 is 19.1 Å². The number of halogens is 1. The Balaban J connectivity index is 2.87. The summed E-state index contributed by atoms with van der Waals surface area (Å²) in [7, 11) is 1.67. The van der Waals surface area contributed by atoms with Gasteiger partial charge in [-0.3, -0.25) is 0 Å². The Morgan fingerprint density at radius 1 is 1.26 bits per heavy atom. The molecule has 0 unspecified atom stereocenters. The van der Waals surface area contributed by atoms with E-state index >= 15 is 0 Å². The molecule has 0 aliphatic carbocycles. The van der Waals surface area contributed by atoms with Crippen molar-refractivity contribution in [2.24, 2.45) is 5.92 Å². The zero-order chi connectivity index (χ0) is 20.6. The summed E-state index contributed by atoms with van der Waals surface area (Å²) in [4.78, 5) is 25.4. The van der Waals surface area contributed by atoms with Gasteiger partial charge in [-0.25, -0.2) is 9.59 Å². The highest BCUT2D eigenvalue weighted by Crippen LogP contribution is 2.29. The highest BCUT2D eigenvalue weighted by atomic mass is 35.5. The van der Waals surface area contributed by atoms with Crippen LogP contribution in [0.3, 0.4) is 0 Å². The average molecular weight is 400 g/mol. The van der Waals surface area contributed by atoms with Crippen LogP contribution in [0, 0.1) is 5.92 Å². The topological polar surface area (TPSA) is 65.1 Å². The Morgan fingerprint density at radius 3 is 2.48 bits per heavy atom. The number of ether oxygens (including phenoxy) is 3. The molecule has 6 nitrogen and oxygen atoms in total. The minimum atomic E-state index is -0.568. The van der Waals surface area contributed by atoms with Crippen LogP contribution in [0.4, 0.5) is 4.79 Å². The lowest BCUT2D eigenvalue weighted by atomic mass is 9.96. The second kappa shape index (κ2) is 10.5. The van der Waals surface area contributed by atoms with Crippen LogP contribution in [0.2, 0.25) is 5.02 Å². The van der Waals surface area contributed by atoms with Crippen LogP contribution in [0.1, 0.15) is 46.3 Å². The second-order valence-electron chi connectivity index (χ2n) is 7.43. The second-order valence-corrected chi connectivity index (χ2v) is 7.87. The fraction of sp³-hybridized carbons (Fsp3) is 0.600. The van der Waals surface area contributed by atoms with Gasteiger partial charge in [0.05, 0.1) is 12.7 Å². The van der Waals surface area contributed by atoms with Gasteiger partial charge in [-0.2, -0.15) is 0 Å². The van der Waals surface area contributed by atoms with Crippen molar-refractivity contribution < 1.29 is 23.8 Å². The molecule has 2 atom stereocenters. The molecule has 0 bridgehead atoms. The van der Waals surface area contributed by atoms with Gasteiger partial charge in [0.2, 0.25) is 0 Å². The SMILES string of the molecule is CCOC(=O)CO[C@@H](c1cccc(Cl)c1)[C@H](C)CN(C)C(=O)OC(C)(C)C. The highest BCUT2D eigenvalue weighted by molar-refractivity contribution is 6.30. The number of nitrogens with zero attached hydrogens (tertiary/aromatic N) is 1. The summed E-state index contributed by atoms with van der Waals surface area (Å²) in [6.07, 6.45) is -0.845. The monoisotopic (exact) mass is 399 g/mol. The van der Waals surface area contributed by atoms with E-state index in [1.165, 1.54) is 4.90 Å². The quantitative estimate of drug-likeness (QED) is 0.603. The van der Waals surface area contributed by atoms with E-state index in [0.29, 0.717) is 18.2 Å². The number of esters is 1. The predicted octanol–water partition coefficient (Wildman–Crippen LogP) is 4.46. The Hall–Kier alpha value is -1.79. The number of benzene rings is 1. The predicted molar refractivity (Wildman–Crippen MR) is 105 cm³/mol. The summed E-state index contributed by atoms with van der Waals surface area (Å²) in [5.41, 5.74) is 0.262. The molecule has 0 saturated carbocycles. The molecular formula is C20H30ClNO5. The van der Waals surface area contributed by atoms with E-state index in [-0.39, 0.29) is 12.5 Å². The number of carbonyl (C=O) groups excluding carboxylic acids is 2. The van der Waals surface area contributed by atoms with E-state index in [1.54, 1.807) is 26.1 Å². The minimum absolute atomic E-state index is 0.115. The first-order valence-electron chi connectivity index (χ1n) is 9.00. The highest BCUT2D eigenvalue weighted by Gasteiger charge is 2.26. The summed E-state index contributed by atoms with van der Waals surface area (Å²) >= 11 is 6.10. The molecule has 7 heteroatoms. The molecule has 27 heavy (non-hydrogen) atoms. The van der Waals surface area contributed by atoms with Crippen molar-refractivity contribution in [2.75, 3.05) is 26.8 Å². The van der Waals surface area contributed by atoms with E-state index in [1.807, 2.05) is 39.8 Å². The van der Waals surface area contributed by atoms with Gasteiger partial charge in [0, 0.05) is 24.5 Å². The van der Waals surface area contributed by atoms with E-state index in [0.717, 1.165) is 5.56 Å². The summed E-state index contributed by atoms with van der Waals surface area (Å²) in [5.74, 6) is -0.548. The molecule has 152 valence electrons. The number of rotatable bonds is 8. The maximum atomic E-state index is 12.2. The van der Waals surface area contributed by atoms with Crippen LogP contribution >= 0.6 is 11.6 Å². The molecular weight excluding hydrogens is 370 g/mol. The lowest BCUT2D eigenvalue weighted by Crippen LogP contribution is -2.38. The van der Waals surface area contributed by atoms with Crippen molar-refractivity contribution in [3.63, 3.8) is 0 Å². The summed E-state index contributed by atoms with van der Waals surface area (Å²) in [6, 6.07) is 7.26. The molecule has 1 rings (SSSR count). The van der Waals surface area contributed by atoms with Crippen molar-refractivity contribution >= 4 is 23.7 Å². The van der Waals surface area contributed by atoms with Crippen molar-refractivity contribution in [1.82, 2.24) is 4.90 Å². The Bertz CT molecular complexity index is 629. The molecule has 0 spiro atoms. The van der Waals surface area contributed by atoms with Crippen LogP contribution in [0.5, 0.6) is 0 Å². The molecule has 1 amide bonds. The normalized spacial score (nSPS) is 13.6. The molecule has 0 fully saturated rings. The average Bonchev–Trinajstić information content (AvgIpc) is 2.53. The van der Waals surface area contributed by atoms with Crippen LogP contribution in [-0.2, 0) is 19.0 Å². The van der Waals surface area contributed by atoms with E-state index in [9.17, 15) is 9.59 Å². The minimum Gasteiger partial charge on any atom is -0.464 e. The van der Waals surface area contributed by atoms with Crippen LogP contribution in [0.15, 0.2) is 24.3 Å². The standard InChI is InChI=1S/C20H30ClNO5/c1-7-25-17(23)13-26-18(15-9-8-10-16(21)11-15)14(2)12-22(6)19(24)27-20(3,4)5/h8-11,14,18H,7,12-13H2,1-6H3/t14-,18-/m1/s1. The van der Waals surface area contributed by atoms with Gasteiger partial charge in [-0.15, -0.1) is 0 Å². The Kier molecular flexibility index (Phi) is 9.06. The van der Waals surface area contributed by atoms with Gasteiger partial charge in [0.1, 0.15) is 12.2 Å². The molecule has 0 aliphatic rings. The van der Waals surface area contributed by atoms with Gasteiger partial charge >= 0.3 is 12.1 Å². The first kappa shape index (κ1) is 23.2. The van der Waals surface area contributed by atoms with Crippen molar-refractivity contribution in [3.8, 4) is 0 Å². The third kappa shape index (κ3) is 8.63. The van der Waals surface area contributed by atoms with Gasteiger partial charge in [-0.05, 0) is 45.4 Å². The summed E-state index contributed by atoms with van der Waals surface area (Å²) in [6.45, 7) is 9.64. The molecule has 1 aromatic rings. The Labute approximate surface area is 166 Å². The fourth-order valence-electron chi connectivity index (χ4n) is 2.58. The van der Waals surface area contributed by atoms with E-state index in [4.69, 9.17) is 25.8 Å². The number of hydrogen-bond acceptors (Lipinski definition) is 5. The summed E-state index contributed by atoms with van der Waals surface area (Å²) < 4.78 is 16.1. The number of hydrogen-bond donors (Lipinski definition) is 0. The van der Waals surface area contributed by atoms with Crippen molar-refractivity contribution in [3.05, 3.63) is 34.9 Å². The van der Waals surface area contributed by atoms with Crippen LogP contribution in [0.25, 0.3) is 0 Å². The maximum Gasteiger partial charge on any atom is 0.410 e. The number of amides is 1. The van der Waals surface area contributed by atoms with Crippen molar-refractivity contribution in [1.29, 1.82) is 0 Å². The third-order valence-corrected chi connectivity index (χ3v) is 3.88. The Morgan fingerprint density at radius 2 is 1.93 bits per heavy atom. The lowest BCUT2D eigenvalue weighted by molar-refractivity contribution is -0.152. The molecule has 1 aromatic carbocycles. The first-order valence-corrected chi connectivity index (χ1v) is 9.38. The zero-order valence-electron chi connectivity index (χ0n) is 17.0. The lowest BCUT2D eigenvalue weighted by Gasteiger charge is -2.30. The molecule has 0 radical (unpaired) electrons. The first-order chi connectivity index (χ1) is 12.5. The molecule has 0 saturated heterocycles. The molecule has 0 N–H and O–H groups in total. The molecule has 0 heterocycles. The summed E-state index contributed by atoms with van der Waals surface area (Å²) in [5, 5.41) is 0.574. The molecule has 0 aromatic heterocycles. The van der Waals surface area contributed by atoms with Gasteiger partial charge in [-0.1, -0.05) is 30.7 Å². The van der Waals surface area contributed by atoms with Crippen molar-refractivity contribution in [2.45, 2.75) is 46.3 Å². The third-order valence-electron chi connectivity index (χ3n) is 3.65. The van der Waals surface area contributed by atoms with E-state index < -0.39 is 23.8 Å².